The number of pyridine rings is 1. The molecular formula is C29H39N3O3. The molecule has 2 heterocycles. The summed E-state index contributed by atoms with van der Waals surface area (Å²) in [5, 5.41) is 0.916. The molecule has 2 aromatic heterocycles. The molecule has 0 aliphatic heterocycles. The lowest BCUT2D eigenvalue weighted by molar-refractivity contribution is -0.133. The van der Waals surface area contributed by atoms with Crippen molar-refractivity contribution in [3.63, 3.8) is 0 Å². The summed E-state index contributed by atoms with van der Waals surface area (Å²) in [7, 11) is 0. The average molecular weight is 478 g/mol. The molecule has 35 heavy (non-hydrogen) atoms. The number of fused-ring (bicyclic) bond motifs is 1. The van der Waals surface area contributed by atoms with Gasteiger partial charge < -0.3 is 14.2 Å². The van der Waals surface area contributed by atoms with E-state index < -0.39 is 0 Å². The average Bonchev–Trinajstić information content (AvgIpc) is 3.27. The minimum absolute atomic E-state index is 0.00609. The summed E-state index contributed by atoms with van der Waals surface area (Å²) in [5.41, 5.74) is 2.46. The van der Waals surface area contributed by atoms with Crippen molar-refractivity contribution in [2.75, 3.05) is 26.2 Å². The van der Waals surface area contributed by atoms with Crippen LogP contribution in [-0.4, -0.2) is 52.8 Å². The van der Waals surface area contributed by atoms with E-state index in [2.05, 4.69) is 39.6 Å². The van der Waals surface area contributed by atoms with Crippen LogP contribution in [0.5, 0.6) is 0 Å². The number of furan rings is 1. The highest BCUT2D eigenvalue weighted by molar-refractivity contribution is 5.97. The van der Waals surface area contributed by atoms with Crippen molar-refractivity contribution >= 4 is 22.8 Å². The van der Waals surface area contributed by atoms with Crippen LogP contribution >= 0.6 is 0 Å². The first-order chi connectivity index (χ1) is 16.6. The van der Waals surface area contributed by atoms with Gasteiger partial charge in [-0.15, -0.1) is 0 Å². The number of carbonyl (C=O) groups excluding carboxylic acids is 2. The third-order valence-corrected chi connectivity index (χ3v) is 5.86. The number of rotatable bonds is 11. The summed E-state index contributed by atoms with van der Waals surface area (Å²) in [6, 6.07) is 11.4. The van der Waals surface area contributed by atoms with Crippen LogP contribution in [0.3, 0.4) is 0 Å². The predicted molar refractivity (Wildman–Crippen MR) is 140 cm³/mol. The van der Waals surface area contributed by atoms with Crippen LogP contribution in [0.4, 0.5) is 0 Å². The Labute approximate surface area is 209 Å². The molecule has 3 aromatic rings. The lowest BCUT2D eigenvalue weighted by atomic mass is 9.91. The zero-order chi connectivity index (χ0) is 25.4. The molecule has 0 saturated carbocycles. The van der Waals surface area contributed by atoms with E-state index >= 15 is 0 Å². The Hall–Kier alpha value is -3.15. The number of aromatic nitrogens is 1. The largest absolute Gasteiger partial charge is 0.464 e. The highest BCUT2D eigenvalue weighted by Gasteiger charge is 2.23. The standard InChI is InChI=1S/C29H39N3O3/c1-22(2)21-32(27(33)19-29(3,4)5)15-7-14-31(16-11-23-8-6-13-30-20-23)28(34)25-9-10-26-24(18-25)12-17-35-26/h6,8-10,12-13,17-18,20,22H,7,11,14-16,19,21H2,1-5H3. The van der Waals surface area contributed by atoms with Gasteiger partial charge in [0.15, 0.2) is 0 Å². The van der Waals surface area contributed by atoms with Gasteiger partial charge in [0.2, 0.25) is 5.91 Å². The Kier molecular flexibility index (Phi) is 9.07. The second-order valence-electron chi connectivity index (χ2n) is 10.9. The van der Waals surface area contributed by atoms with Crippen LogP contribution in [0, 0.1) is 11.3 Å². The predicted octanol–water partition coefficient (Wildman–Crippen LogP) is 5.82. The third-order valence-electron chi connectivity index (χ3n) is 5.86. The van der Waals surface area contributed by atoms with E-state index in [0.29, 0.717) is 37.5 Å². The lowest BCUT2D eigenvalue weighted by Gasteiger charge is -2.29. The maximum atomic E-state index is 13.5. The molecule has 6 heteroatoms. The van der Waals surface area contributed by atoms with Crippen molar-refractivity contribution in [1.82, 2.24) is 14.8 Å². The zero-order valence-corrected chi connectivity index (χ0v) is 21.8. The number of amides is 2. The summed E-state index contributed by atoms with van der Waals surface area (Å²) < 4.78 is 5.43. The maximum Gasteiger partial charge on any atom is 0.253 e. The molecule has 0 radical (unpaired) electrons. The van der Waals surface area contributed by atoms with Crippen LogP contribution in [0.2, 0.25) is 0 Å². The lowest BCUT2D eigenvalue weighted by Crippen LogP contribution is -2.39. The normalized spacial score (nSPS) is 11.7. The molecule has 0 N–H and O–H groups in total. The van der Waals surface area contributed by atoms with E-state index in [1.54, 1.807) is 12.5 Å². The van der Waals surface area contributed by atoms with Gasteiger partial charge in [-0.1, -0.05) is 40.7 Å². The van der Waals surface area contributed by atoms with Crippen molar-refractivity contribution in [3.8, 4) is 0 Å². The number of hydrogen-bond donors (Lipinski definition) is 0. The molecule has 0 aliphatic rings. The molecule has 0 unspecified atom stereocenters. The molecule has 1 aromatic carbocycles. The number of carbonyl (C=O) groups is 2. The van der Waals surface area contributed by atoms with Crippen molar-refractivity contribution in [1.29, 1.82) is 0 Å². The Morgan fingerprint density at radius 3 is 2.49 bits per heavy atom. The van der Waals surface area contributed by atoms with Crippen molar-refractivity contribution in [2.45, 2.75) is 53.9 Å². The molecule has 188 valence electrons. The fraction of sp³-hybridized carbons (Fsp3) is 0.483. The van der Waals surface area contributed by atoms with Crippen LogP contribution < -0.4 is 0 Å². The number of nitrogens with zero attached hydrogens (tertiary/aromatic N) is 3. The Bertz CT molecular complexity index is 1100. The molecule has 3 rings (SSSR count). The van der Waals surface area contributed by atoms with E-state index in [0.717, 1.165) is 35.9 Å². The molecule has 0 atom stereocenters. The van der Waals surface area contributed by atoms with Gasteiger partial charge in [-0.3, -0.25) is 14.6 Å². The van der Waals surface area contributed by atoms with Gasteiger partial charge in [0, 0.05) is 55.9 Å². The minimum Gasteiger partial charge on any atom is -0.464 e. The minimum atomic E-state index is -0.0518. The molecule has 0 saturated heterocycles. The van der Waals surface area contributed by atoms with Crippen LogP contribution in [-0.2, 0) is 11.2 Å². The van der Waals surface area contributed by atoms with Gasteiger partial charge >= 0.3 is 0 Å². The summed E-state index contributed by atoms with van der Waals surface area (Å²) in [5.74, 6) is 0.571. The Morgan fingerprint density at radius 1 is 1.03 bits per heavy atom. The topological polar surface area (TPSA) is 66.7 Å². The van der Waals surface area contributed by atoms with Crippen LogP contribution in [0.1, 0.15) is 63.4 Å². The van der Waals surface area contributed by atoms with E-state index in [4.69, 9.17) is 4.42 Å². The molecule has 0 fully saturated rings. The first-order valence-corrected chi connectivity index (χ1v) is 12.6. The van der Waals surface area contributed by atoms with Gasteiger partial charge in [0.1, 0.15) is 5.58 Å². The second kappa shape index (κ2) is 12.0. The van der Waals surface area contributed by atoms with Crippen LogP contribution in [0.25, 0.3) is 11.0 Å². The summed E-state index contributed by atoms with van der Waals surface area (Å²) in [6.45, 7) is 13.1. The van der Waals surface area contributed by atoms with E-state index in [9.17, 15) is 9.59 Å². The zero-order valence-electron chi connectivity index (χ0n) is 21.8. The first kappa shape index (κ1) is 26.5. The highest BCUT2D eigenvalue weighted by Crippen LogP contribution is 2.21. The maximum absolute atomic E-state index is 13.5. The summed E-state index contributed by atoms with van der Waals surface area (Å²) in [4.78, 5) is 34.5. The molecular weight excluding hydrogens is 438 g/mol. The quantitative estimate of drug-likeness (QED) is 0.349. The first-order valence-electron chi connectivity index (χ1n) is 12.6. The van der Waals surface area contributed by atoms with Crippen LogP contribution in [0.15, 0.2) is 59.5 Å². The van der Waals surface area contributed by atoms with E-state index in [-0.39, 0.29) is 17.2 Å². The van der Waals surface area contributed by atoms with Crippen molar-refractivity contribution in [3.05, 3.63) is 66.2 Å². The molecule has 2 amide bonds. The van der Waals surface area contributed by atoms with Gasteiger partial charge in [-0.25, -0.2) is 0 Å². The number of benzene rings is 1. The Morgan fingerprint density at radius 2 is 1.80 bits per heavy atom. The molecule has 0 bridgehead atoms. The molecule has 6 nitrogen and oxygen atoms in total. The second-order valence-corrected chi connectivity index (χ2v) is 10.9. The van der Waals surface area contributed by atoms with Crippen molar-refractivity contribution in [2.24, 2.45) is 11.3 Å². The summed E-state index contributed by atoms with van der Waals surface area (Å²) >= 11 is 0. The van der Waals surface area contributed by atoms with Crippen molar-refractivity contribution < 1.29 is 14.0 Å². The fourth-order valence-electron chi connectivity index (χ4n) is 4.18. The van der Waals surface area contributed by atoms with E-state index in [1.165, 1.54) is 0 Å². The smallest absolute Gasteiger partial charge is 0.253 e. The molecule has 0 aliphatic carbocycles. The van der Waals surface area contributed by atoms with Gasteiger partial charge in [-0.2, -0.15) is 0 Å². The summed E-state index contributed by atoms with van der Waals surface area (Å²) in [6.07, 6.45) is 7.22. The Balaban J connectivity index is 1.70. The number of hydrogen-bond acceptors (Lipinski definition) is 4. The third kappa shape index (κ3) is 8.23. The fourth-order valence-corrected chi connectivity index (χ4v) is 4.18. The van der Waals surface area contributed by atoms with Gasteiger partial charge in [0.05, 0.1) is 6.26 Å². The SMILES string of the molecule is CC(C)CN(CCCN(CCc1cccnc1)C(=O)c1ccc2occc2c1)C(=O)CC(C)(C)C. The van der Waals surface area contributed by atoms with Gasteiger partial charge in [0.25, 0.3) is 5.91 Å². The monoisotopic (exact) mass is 477 g/mol. The van der Waals surface area contributed by atoms with Gasteiger partial charge in [-0.05, 0) is 60.1 Å². The van der Waals surface area contributed by atoms with E-state index in [1.807, 2.05) is 52.4 Å². The highest BCUT2D eigenvalue weighted by atomic mass is 16.3. The molecule has 0 spiro atoms.